The number of fused-ring (bicyclic) bond motifs is 2. The Bertz CT molecular complexity index is 1150. The summed E-state index contributed by atoms with van der Waals surface area (Å²) >= 11 is 0. The van der Waals surface area contributed by atoms with Crippen LogP contribution in [0.4, 0.5) is 5.69 Å². The third-order valence-electron chi connectivity index (χ3n) is 6.07. The van der Waals surface area contributed by atoms with Crippen molar-refractivity contribution in [3.05, 3.63) is 65.5 Å². The van der Waals surface area contributed by atoms with Crippen molar-refractivity contribution in [2.75, 3.05) is 5.32 Å². The molecule has 3 aromatic rings. The molecule has 0 bridgehead atoms. The molecular weight excluding hydrogens is 392 g/mol. The van der Waals surface area contributed by atoms with Crippen LogP contribution in [-0.2, 0) is 28.9 Å². The number of aryl methyl sites for hydroxylation is 1. The number of amides is 1. The second-order valence-corrected chi connectivity index (χ2v) is 8.39. The van der Waals surface area contributed by atoms with E-state index in [1.165, 1.54) is 6.42 Å². The summed E-state index contributed by atoms with van der Waals surface area (Å²) in [6.45, 7) is 2.58. The minimum absolute atomic E-state index is 0.338. The molecule has 1 N–H and O–H groups in total. The lowest BCUT2D eigenvalue weighted by atomic mass is 9.89. The average molecular weight is 416 g/mol. The van der Waals surface area contributed by atoms with Crippen molar-refractivity contribution in [2.24, 2.45) is 0 Å². The maximum atomic E-state index is 13.0. The van der Waals surface area contributed by atoms with Crippen LogP contribution in [0, 0.1) is 0 Å². The first-order chi connectivity index (χ1) is 15.0. The Morgan fingerprint density at radius 1 is 1.06 bits per heavy atom. The van der Waals surface area contributed by atoms with Gasteiger partial charge in [-0.3, -0.25) is 4.79 Å². The Morgan fingerprint density at radius 3 is 2.71 bits per heavy atom. The van der Waals surface area contributed by atoms with Gasteiger partial charge in [0.05, 0.1) is 5.56 Å². The molecule has 0 saturated carbocycles. The normalized spacial score (nSPS) is 20.2. The standard InChI is InChI=1S/C24H24N4O3/c1-24(15-17-7-4-5-8-19(17)22(29)31-24)23(30)25-18-12-10-16(11-13-18)21-27-26-20-9-3-2-6-14-28(20)21/h4-5,7-8,10-13H,2-3,6,9,14-15H2,1H3,(H,25,30). The third-order valence-corrected chi connectivity index (χ3v) is 6.07. The Kier molecular flexibility index (Phi) is 4.81. The number of carbonyl (C=O) groups excluding carboxylic acids is 2. The summed E-state index contributed by atoms with van der Waals surface area (Å²) in [5, 5.41) is 11.6. The second-order valence-electron chi connectivity index (χ2n) is 8.39. The van der Waals surface area contributed by atoms with E-state index in [1.54, 1.807) is 19.1 Å². The molecular formula is C24H24N4O3. The van der Waals surface area contributed by atoms with Gasteiger partial charge in [-0.05, 0) is 55.7 Å². The molecule has 158 valence electrons. The number of hydrogen-bond donors (Lipinski definition) is 1. The number of ether oxygens (including phenoxy) is 1. The van der Waals surface area contributed by atoms with E-state index >= 15 is 0 Å². The van der Waals surface area contributed by atoms with Crippen LogP contribution in [0.5, 0.6) is 0 Å². The van der Waals surface area contributed by atoms with Gasteiger partial charge in [-0.25, -0.2) is 4.79 Å². The van der Waals surface area contributed by atoms with Gasteiger partial charge in [-0.2, -0.15) is 0 Å². The van der Waals surface area contributed by atoms with E-state index in [4.69, 9.17) is 4.74 Å². The molecule has 0 saturated heterocycles. The first kappa shape index (κ1) is 19.5. The fourth-order valence-electron chi connectivity index (χ4n) is 4.32. The molecule has 1 amide bonds. The number of cyclic esters (lactones) is 1. The molecule has 7 nitrogen and oxygen atoms in total. The monoisotopic (exact) mass is 416 g/mol. The highest BCUT2D eigenvalue weighted by Gasteiger charge is 2.42. The van der Waals surface area contributed by atoms with Gasteiger partial charge in [0.1, 0.15) is 5.82 Å². The van der Waals surface area contributed by atoms with Crippen LogP contribution < -0.4 is 5.32 Å². The SMILES string of the molecule is CC1(C(=O)Nc2ccc(-c3nnc4n3CCCCC4)cc2)Cc2ccccc2C(=O)O1. The van der Waals surface area contributed by atoms with E-state index in [1.807, 2.05) is 36.4 Å². The zero-order chi connectivity index (χ0) is 21.4. The van der Waals surface area contributed by atoms with Gasteiger partial charge < -0.3 is 14.6 Å². The summed E-state index contributed by atoms with van der Waals surface area (Å²) in [7, 11) is 0. The molecule has 1 aromatic heterocycles. The zero-order valence-electron chi connectivity index (χ0n) is 17.4. The van der Waals surface area contributed by atoms with E-state index in [2.05, 4.69) is 20.1 Å². The minimum atomic E-state index is -1.26. The number of nitrogens with one attached hydrogen (secondary N) is 1. The first-order valence-electron chi connectivity index (χ1n) is 10.7. The summed E-state index contributed by atoms with van der Waals surface area (Å²) in [4.78, 5) is 25.3. The van der Waals surface area contributed by atoms with Gasteiger partial charge >= 0.3 is 5.97 Å². The quantitative estimate of drug-likeness (QED) is 0.657. The molecule has 2 aromatic carbocycles. The number of hydrogen-bond acceptors (Lipinski definition) is 5. The summed E-state index contributed by atoms with van der Waals surface area (Å²) < 4.78 is 7.71. The summed E-state index contributed by atoms with van der Waals surface area (Å²) in [6, 6.07) is 14.8. The lowest BCUT2D eigenvalue weighted by Gasteiger charge is -2.33. The van der Waals surface area contributed by atoms with Crippen LogP contribution in [0.1, 0.15) is 47.9 Å². The zero-order valence-corrected chi connectivity index (χ0v) is 17.4. The van der Waals surface area contributed by atoms with Gasteiger partial charge in [0, 0.05) is 30.6 Å². The number of benzene rings is 2. The molecule has 7 heteroatoms. The minimum Gasteiger partial charge on any atom is -0.445 e. The average Bonchev–Trinajstić information content (AvgIpc) is 3.02. The molecule has 2 aliphatic heterocycles. The maximum Gasteiger partial charge on any atom is 0.339 e. The van der Waals surface area contributed by atoms with Gasteiger partial charge in [0.25, 0.3) is 5.91 Å². The Balaban J connectivity index is 1.33. The largest absolute Gasteiger partial charge is 0.445 e. The molecule has 0 radical (unpaired) electrons. The lowest BCUT2D eigenvalue weighted by Crippen LogP contribution is -2.48. The van der Waals surface area contributed by atoms with Crippen molar-refractivity contribution in [3.8, 4) is 11.4 Å². The van der Waals surface area contributed by atoms with Crippen molar-refractivity contribution in [2.45, 2.75) is 51.2 Å². The van der Waals surface area contributed by atoms with E-state index in [0.717, 1.165) is 48.6 Å². The Hall–Kier alpha value is -3.48. The number of nitrogens with zero attached hydrogens (tertiary/aromatic N) is 3. The highest BCUT2D eigenvalue weighted by Crippen LogP contribution is 2.30. The van der Waals surface area contributed by atoms with Crippen LogP contribution in [-0.4, -0.2) is 32.2 Å². The molecule has 0 spiro atoms. The number of carbonyl (C=O) groups is 2. The summed E-state index contributed by atoms with van der Waals surface area (Å²) in [6.07, 6.45) is 4.79. The fourth-order valence-corrected chi connectivity index (χ4v) is 4.32. The van der Waals surface area contributed by atoms with Crippen molar-refractivity contribution >= 4 is 17.6 Å². The number of esters is 1. The predicted octanol–water partition coefficient (Wildman–Crippen LogP) is 3.78. The van der Waals surface area contributed by atoms with Crippen molar-refractivity contribution < 1.29 is 14.3 Å². The van der Waals surface area contributed by atoms with Crippen molar-refractivity contribution in [3.63, 3.8) is 0 Å². The molecule has 1 unspecified atom stereocenters. The van der Waals surface area contributed by atoms with Crippen LogP contribution >= 0.6 is 0 Å². The fraction of sp³-hybridized carbons (Fsp3) is 0.333. The number of anilines is 1. The van der Waals surface area contributed by atoms with Crippen LogP contribution in [0.3, 0.4) is 0 Å². The molecule has 31 heavy (non-hydrogen) atoms. The van der Waals surface area contributed by atoms with Crippen molar-refractivity contribution in [1.29, 1.82) is 0 Å². The van der Waals surface area contributed by atoms with Crippen LogP contribution in [0.25, 0.3) is 11.4 Å². The maximum absolute atomic E-state index is 13.0. The summed E-state index contributed by atoms with van der Waals surface area (Å²) in [5.74, 6) is 1.08. The summed E-state index contributed by atoms with van der Waals surface area (Å²) in [5.41, 5.74) is 1.68. The smallest absolute Gasteiger partial charge is 0.339 e. The van der Waals surface area contributed by atoms with Crippen LogP contribution in [0.2, 0.25) is 0 Å². The lowest BCUT2D eigenvalue weighted by molar-refractivity contribution is -0.134. The van der Waals surface area contributed by atoms with Gasteiger partial charge in [0.15, 0.2) is 11.4 Å². The number of aromatic nitrogens is 3. The van der Waals surface area contributed by atoms with E-state index in [9.17, 15) is 9.59 Å². The molecule has 2 aliphatic rings. The van der Waals surface area contributed by atoms with Gasteiger partial charge in [-0.15, -0.1) is 10.2 Å². The first-order valence-corrected chi connectivity index (χ1v) is 10.7. The molecule has 0 aliphatic carbocycles. The van der Waals surface area contributed by atoms with E-state index in [-0.39, 0.29) is 5.91 Å². The molecule has 5 rings (SSSR count). The van der Waals surface area contributed by atoms with Crippen LogP contribution in [0.15, 0.2) is 48.5 Å². The van der Waals surface area contributed by atoms with Gasteiger partial charge in [0.2, 0.25) is 0 Å². The van der Waals surface area contributed by atoms with Gasteiger partial charge in [-0.1, -0.05) is 24.6 Å². The number of rotatable bonds is 3. The Labute approximate surface area is 180 Å². The molecule has 0 fully saturated rings. The Morgan fingerprint density at radius 2 is 1.87 bits per heavy atom. The topological polar surface area (TPSA) is 86.1 Å². The highest BCUT2D eigenvalue weighted by molar-refractivity contribution is 6.02. The highest BCUT2D eigenvalue weighted by atomic mass is 16.6. The predicted molar refractivity (Wildman–Crippen MR) is 116 cm³/mol. The second kappa shape index (κ2) is 7.65. The van der Waals surface area contributed by atoms with Crippen molar-refractivity contribution in [1.82, 2.24) is 14.8 Å². The third kappa shape index (κ3) is 3.60. The van der Waals surface area contributed by atoms with E-state index in [0.29, 0.717) is 17.7 Å². The molecule has 3 heterocycles. The van der Waals surface area contributed by atoms with E-state index < -0.39 is 11.6 Å². The molecule has 1 atom stereocenters.